The summed E-state index contributed by atoms with van der Waals surface area (Å²) in [5.41, 5.74) is 0.956. The van der Waals surface area contributed by atoms with E-state index in [1.807, 2.05) is 24.4 Å². The van der Waals surface area contributed by atoms with Crippen LogP contribution in [0.2, 0.25) is 0 Å². The highest BCUT2D eigenvalue weighted by atomic mass is 14.8. The summed E-state index contributed by atoms with van der Waals surface area (Å²) >= 11 is 0. The van der Waals surface area contributed by atoms with Crippen LogP contribution in [-0.2, 0) is 0 Å². The molecule has 2 rings (SSSR count). The van der Waals surface area contributed by atoms with Crippen LogP contribution in [0.1, 0.15) is 7.43 Å². The van der Waals surface area contributed by atoms with Crippen molar-refractivity contribution in [2.45, 2.75) is 7.43 Å². The molecular weight excluding hydrogens is 124 g/mol. The van der Waals surface area contributed by atoms with E-state index < -0.39 is 0 Å². The van der Waals surface area contributed by atoms with Gasteiger partial charge < -0.3 is 4.98 Å². The molecule has 0 bridgehead atoms. The molecule has 2 nitrogen and oxygen atoms in total. The van der Waals surface area contributed by atoms with Gasteiger partial charge in [0.05, 0.1) is 0 Å². The lowest BCUT2D eigenvalue weighted by atomic mass is 10.3. The second-order valence-corrected chi connectivity index (χ2v) is 1.92. The van der Waals surface area contributed by atoms with Gasteiger partial charge in [0.1, 0.15) is 5.65 Å². The fraction of sp³-hybridized carbons (Fsp3) is 0.125. The zero-order chi connectivity index (χ0) is 6.10. The molecule has 2 heterocycles. The van der Waals surface area contributed by atoms with Crippen LogP contribution in [0.5, 0.6) is 0 Å². The summed E-state index contributed by atoms with van der Waals surface area (Å²) in [6.45, 7) is 0. The number of pyridine rings is 1. The Labute approximate surface area is 59.9 Å². The predicted octanol–water partition coefficient (Wildman–Crippen LogP) is 2.20. The molecule has 0 aliphatic rings. The van der Waals surface area contributed by atoms with Crippen LogP contribution in [0.25, 0.3) is 11.0 Å². The summed E-state index contributed by atoms with van der Waals surface area (Å²) in [5.74, 6) is 0. The Kier molecular flexibility index (Phi) is 1.71. The van der Waals surface area contributed by atoms with Gasteiger partial charge in [-0.25, -0.2) is 4.98 Å². The number of H-pyrrole nitrogens is 1. The molecule has 0 spiro atoms. The minimum absolute atomic E-state index is 0. The van der Waals surface area contributed by atoms with Gasteiger partial charge in [-0.2, -0.15) is 0 Å². The van der Waals surface area contributed by atoms with Crippen LogP contribution >= 0.6 is 0 Å². The molecule has 0 saturated heterocycles. The molecule has 0 aromatic carbocycles. The second kappa shape index (κ2) is 2.52. The molecule has 0 aliphatic carbocycles. The summed E-state index contributed by atoms with van der Waals surface area (Å²) in [5, 5.41) is 1.16. The molecule has 10 heavy (non-hydrogen) atoms. The van der Waals surface area contributed by atoms with Crippen molar-refractivity contribution in [2.75, 3.05) is 0 Å². The number of nitrogens with one attached hydrogen (secondary N) is 1. The number of aromatic nitrogens is 2. The number of hydrogen-bond acceptors (Lipinski definition) is 1. The Morgan fingerprint density at radius 3 is 3.00 bits per heavy atom. The van der Waals surface area contributed by atoms with Gasteiger partial charge in [0.25, 0.3) is 0 Å². The van der Waals surface area contributed by atoms with Crippen molar-refractivity contribution in [3.63, 3.8) is 0 Å². The zero-order valence-electron chi connectivity index (χ0n) is 4.83. The number of rotatable bonds is 0. The lowest BCUT2D eigenvalue weighted by Crippen LogP contribution is -1.70. The van der Waals surface area contributed by atoms with E-state index in [4.69, 9.17) is 0 Å². The van der Waals surface area contributed by atoms with Gasteiger partial charge in [0.15, 0.2) is 0 Å². The largest absolute Gasteiger partial charge is 0.346 e. The van der Waals surface area contributed by atoms with Gasteiger partial charge in [-0.15, -0.1) is 0 Å². The SMILES string of the molecule is C.c1cnc2[nH]ccc2c1. The van der Waals surface area contributed by atoms with Crippen molar-refractivity contribution in [1.29, 1.82) is 0 Å². The Bertz CT molecular complexity index is 281. The average Bonchev–Trinajstić information content (AvgIpc) is 2.33. The maximum absolute atomic E-state index is 4.09. The minimum atomic E-state index is 0. The van der Waals surface area contributed by atoms with Crippen molar-refractivity contribution in [3.05, 3.63) is 30.6 Å². The third kappa shape index (κ3) is 0.880. The van der Waals surface area contributed by atoms with E-state index in [0.717, 1.165) is 11.0 Å². The third-order valence-corrected chi connectivity index (χ3v) is 1.32. The first kappa shape index (κ1) is 6.81. The molecule has 0 aliphatic heterocycles. The van der Waals surface area contributed by atoms with Crippen LogP contribution in [0.3, 0.4) is 0 Å². The van der Waals surface area contributed by atoms with E-state index in [1.54, 1.807) is 6.20 Å². The first-order valence-electron chi connectivity index (χ1n) is 2.85. The Morgan fingerprint density at radius 2 is 2.20 bits per heavy atom. The van der Waals surface area contributed by atoms with Gasteiger partial charge in [-0.3, -0.25) is 0 Å². The third-order valence-electron chi connectivity index (χ3n) is 1.32. The van der Waals surface area contributed by atoms with Gasteiger partial charge in [-0.1, -0.05) is 7.43 Å². The van der Waals surface area contributed by atoms with Gasteiger partial charge >= 0.3 is 0 Å². The molecule has 0 atom stereocenters. The molecule has 0 radical (unpaired) electrons. The number of aromatic amines is 1. The van der Waals surface area contributed by atoms with Crippen LogP contribution in [0.4, 0.5) is 0 Å². The summed E-state index contributed by atoms with van der Waals surface area (Å²) < 4.78 is 0. The van der Waals surface area contributed by atoms with E-state index in [1.165, 1.54) is 0 Å². The standard InChI is InChI=1S/C7H6N2.CH4/c1-2-6-3-5-9-7(6)8-4-1;/h1-5H,(H,8,9);1H4. The van der Waals surface area contributed by atoms with Crippen LogP contribution < -0.4 is 0 Å². The number of hydrogen-bond donors (Lipinski definition) is 1. The molecule has 2 heteroatoms. The van der Waals surface area contributed by atoms with Gasteiger partial charge in [0, 0.05) is 17.8 Å². The van der Waals surface area contributed by atoms with Crippen LogP contribution in [0, 0.1) is 0 Å². The van der Waals surface area contributed by atoms with E-state index in [2.05, 4.69) is 9.97 Å². The quantitative estimate of drug-likeness (QED) is 0.587. The van der Waals surface area contributed by atoms with E-state index in [-0.39, 0.29) is 7.43 Å². The first-order chi connectivity index (χ1) is 4.47. The number of nitrogens with zero attached hydrogens (tertiary/aromatic N) is 1. The average molecular weight is 134 g/mol. The van der Waals surface area contributed by atoms with Crippen LogP contribution in [-0.4, -0.2) is 9.97 Å². The fourth-order valence-corrected chi connectivity index (χ4v) is 0.883. The molecular formula is C8H10N2. The first-order valence-corrected chi connectivity index (χ1v) is 2.85. The normalized spacial score (nSPS) is 9.20. The Morgan fingerprint density at radius 1 is 1.30 bits per heavy atom. The van der Waals surface area contributed by atoms with Gasteiger partial charge in [0.2, 0.25) is 0 Å². The van der Waals surface area contributed by atoms with Crippen molar-refractivity contribution in [2.24, 2.45) is 0 Å². The molecule has 2 aromatic heterocycles. The van der Waals surface area contributed by atoms with E-state index >= 15 is 0 Å². The highest BCUT2D eigenvalue weighted by Gasteiger charge is 1.88. The second-order valence-electron chi connectivity index (χ2n) is 1.92. The van der Waals surface area contributed by atoms with Crippen molar-refractivity contribution in [1.82, 2.24) is 9.97 Å². The highest BCUT2D eigenvalue weighted by molar-refractivity contribution is 5.74. The smallest absolute Gasteiger partial charge is 0.137 e. The summed E-state index contributed by atoms with van der Waals surface area (Å²) in [7, 11) is 0. The molecule has 1 N–H and O–H groups in total. The molecule has 0 unspecified atom stereocenters. The fourth-order valence-electron chi connectivity index (χ4n) is 0.883. The summed E-state index contributed by atoms with van der Waals surface area (Å²) in [6.07, 6.45) is 3.66. The zero-order valence-corrected chi connectivity index (χ0v) is 4.83. The highest BCUT2D eigenvalue weighted by Crippen LogP contribution is 2.05. The molecule has 0 fully saturated rings. The van der Waals surface area contributed by atoms with Crippen LogP contribution in [0.15, 0.2) is 30.6 Å². The van der Waals surface area contributed by atoms with Crippen molar-refractivity contribution in [3.8, 4) is 0 Å². The lowest BCUT2D eigenvalue weighted by molar-refractivity contribution is 1.33. The monoisotopic (exact) mass is 134 g/mol. The maximum atomic E-state index is 4.09. The van der Waals surface area contributed by atoms with E-state index in [0.29, 0.717) is 0 Å². The van der Waals surface area contributed by atoms with Gasteiger partial charge in [-0.05, 0) is 18.2 Å². The molecule has 0 saturated carbocycles. The molecule has 0 amide bonds. The Hall–Kier alpha value is -1.31. The summed E-state index contributed by atoms with van der Waals surface area (Å²) in [4.78, 5) is 7.09. The number of fused-ring (bicyclic) bond motifs is 1. The maximum Gasteiger partial charge on any atom is 0.137 e. The Balaban J connectivity index is 0.000000500. The molecule has 52 valence electrons. The predicted molar refractivity (Wildman–Crippen MR) is 42.8 cm³/mol. The minimum Gasteiger partial charge on any atom is -0.346 e. The van der Waals surface area contributed by atoms with E-state index in [9.17, 15) is 0 Å². The topological polar surface area (TPSA) is 28.7 Å². The lowest BCUT2D eigenvalue weighted by Gasteiger charge is -1.82. The molecule has 2 aromatic rings. The van der Waals surface area contributed by atoms with Crippen molar-refractivity contribution >= 4 is 11.0 Å². The van der Waals surface area contributed by atoms with Crippen molar-refractivity contribution < 1.29 is 0 Å². The summed E-state index contributed by atoms with van der Waals surface area (Å²) in [6, 6.07) is 5.96.